The maximum Gasteiger partial charge on any atom is 0.251 e. The molecule has 4 nitrogen and oxygen atoms in total. The van der Waals surface area contributed by atoms with E-state index >= 15 is 0 Å². The third-order valence-corrected chi connectivity index (χ3v) is 3.90. The smallest absolute Gasteiger partial charge is 0.251 e. The van der Waals surface area contributed by atoms with Crippen molar-refractivity contribution in [2.45, 2.75) is 40.7 Å². The molecule has 4 heteroatoms. The maximum atomic E-state index is 12.5. The zero-order chi connectivity index (χ0) is 18.4. The predicted molar refractivity (Wildman–Crippen MR) is 101 cm³/mol. The molecule has 1 atom stereocenters. The van der Waals surface area contributed by atoms with E-state index in [-0.39, 0.29) is 11.9 Å². The molecule has 1 N–H and O–H groups in total. The fourth-order valence-electron chi connectivity index (χ4n) is 2.81. The Kier molecular flexibility index (Phi) is 6.45. The summed E-state index contributed by atoms with van der Waals surface area (Å²) < 4.78 is 11.3. The number of amides is 1. The highest BCUT2D eigenvalue weighted by Crippen LogP contribution is 2.30. The summed E-state index contributed by atoms with van der Waals surface area (Å²) in [6.45, 7) is 11.0. The zero-order valence-corrected chi connectivity index (χ0v) is 15.7. The van der Waals surface area contributed by atoms with Gasteiger partial charge in [0.2, 0.25) is 0 Å². The summed E-state index contributed by atoms with van der Waals surface area (Å²) >= 11 is 0. The van der Waals surface area contributed by atoms with E-state index in [0.29, 0.717) is 24.5 Å². The van der Waals surface area contributed by atoms with Gasteiger partial charge in [-0.3, -0.25) is 4.79 Å². The van der Waals surface area contributed by atoms with Crippen molar-refractivity contribution in [3.63, 3.8) is 0 Å². The molecule has 2 aromatic carbocycles. The van der Waals surface area contributed by atoms with Crippen LogP contribution in [0.1, 0.15) is 53.9 Å². The maximum absolute atomic E-state index is 12.5. The number of aryl methyl sites for hydroxylation is 2. The van der Waals surface area contributed by atoms with Gasteiger partial charge in [0.05, 0.1) is 19.3 Å². The molecule has 0 radical (unpaired) electrons. The first kappa shape index (κ1) is 18.8. The van der Waals surface area contributed by atoms with Gasteiger partial charge in [0.15, 0.2) is 11.5 Å². The molecule has 2 aromatic rings. The van der Waals surface area contributed by atoms with Crippen LogP contribution in [0.25, 0.3) is 0 Å². The molecule has 134 valence electrons. The Morgan fingerprint density at radius 2 is 1.56 bits per heavy atom. The average molecular weight is 341 g/mol. The van der Waals surface area contributed by atoms with Crippen molar-refractivity contribution in [1.29, 1.82) is 0 Å². The van der Waals surface area contributed by atoms with Crippen LogP contribution >= 0.6 is 0 Å². The van der Waals surface area contributed by atoms with Gasteiger partial charge in [0, 0.05) is 5.56 Å². The summed E-state index contributed by atoms with van der Waals surface area (Å²) in [6, 6.07) is 11.5. The Balaban J connectivity index is 2.17. The summed E-state index contributed by atoms with van der Waals surface area (Å²) in [7, 11) is 0. The van der Waals surface area contributed by atoms with E-state index < -0.39 is 0 Å². The van der Waals surface area contributed by atoms with Crippen molar-refractivity contribution in [3.05, 3.63) is 58.7 Å². The minimum absolute atomic E-state index is 0.0776. The quantitative estimate of drug-likeness (QED) is 0.801. The lowest BCUT2D eigenvalue weighted by molar-refractivity contribution is 0.0939. The molecular weight excluding hydrogens is 314 g/mol. The van der Waals surface area contributed by atoms with Crippen LogP contribution in [0.15, 0.2) is 36.4 Å². The van der Waals surface area contributed by atoms with Crippen LogP contribution in [0.5, 0.6) is 11.5 Å². The Morgan fingerprint density at radius 3 is 2.16 bits per heavy atom. The van der Waals surface area contributed by atoms with Crippen LogP contribution in [0.4, 0.5) is 0 Å². The molecule has 0 heterocycles. The molecule has 0 unspecified atom stereocenters. The zero-order valence-electron chi connectivity index (χ0n) is 15.7. The first-order valence-corrected chi connectivity index (χ1v) is 8.73. The Labute approximate surface area is 150 Å². The number of hydrogen-bond acceptors (Lipinski definition) is 3. The fraction of sp³-hybridized carbons (Fsp3) is 0.381. The van der Waals surface area contributed by atoms with Gasteiger partial charge in [0.1, 0.15) is 0 Å². The summed E-state index contributed by atoms with van der Waals surface area (Å²) in [5, 5.41) is 3.05. The molecule has 0 saturated heterocycles. The number of carbonyl (C=O) groups excluding carboxylic acids is 1. The van der Waals surface area contributed by atoms with Gasteiger partial charge in [-0.25, -0.2) is 0 Å². The van der Waals surface area contributed by atoms with Gasteiger partial charge in [-0.15, -0.1) is 0 Å². The van der Waals surface area contributed by atoms with E-state index in [1.165, 1.54) is 0 Å². The number of benzene rings is 2. The molecule has 0 aliphatic rings. The van der Waals surface area contributed by atoms with Crippen molar-refractivity contribution >= 4 is 5.91 Å². The molecule has 0 spiro atoms. The lowest BCUT2D eigenvalue weighted by Gasteiger charge is -2.18. The average Bonchev–Trinajstić information content (AvgIpc) is 2.55. The van der Waals surface area contributed by atoms with Crippen LogP contribution in [0.3, 0.4) is 0 Å². The van der Waals surface area contributed by atoms with Gasteiger partial charge in [-0.05, 0) is 64.4 Å². The topological polar surface area (TPSA) is 47.6 Å². The number of ether oxygens (including phenoxy) is 2. The lowest BCUT2D eigenvalue weighted by Crippen LogP contribution is -2.26. The summed E-state index contributed by atoms with van der Waals surface area (Å²) in [6.07, 6.45) is 0. The SMILES string of the molecule is CCOc1ccc([C@@H](C)NC(=O)c2cc(C)cc(C)c2)cc1OCC. The molecule has 25 heavy (non-hydrogen) atoms. The van der Waals surface area contributed by atoms with Crippen molar-refractivity contribution in [1.82, 2.24) is 5.32 Å². The third kappa shape index (κ3) is 4.99. The van der Waals surface area contributed by atoms with Gasteiger partial charge in [-0.1, -0.05) is 23.3 Å². The van der Waals surface area contributed by atoms with E-state index in [1.54, 1.807) is 0 Å². The first-order valence-electron chi connectivity index (χ1n) is 8.73. The molecular formula is C21H27NO3. The van der Waals surface area contributed by atoms with E-state index in [1.807, 2.05) is 65.0 Å². The molecule has 0 aliphatic heterocycles. The summed E-state index contributed by atoms with van der Waals surface area (Å²) in [4.78, 5) is 12.5. The normalized spacial score (nSPS) is 11.7. The molecule has 0 aromatic heterocycles. The predicted octanol–water partition coefficient (Wildman–Crippen LogP) is 4.59. The molecule has 0 saturated carbocycles. The highest BCUT2D eigenvalue weighted by atomic mass is 16.5. The van der Waals surface area contributed by atoms with E-state index in [9.17, 15) is 4.79 Å². The van der Waals surface area contributed by atoms with E-state index in [2.05, 4.69) is 11.4 Å². The highest BCUT2D eigenvalue weighted by Gasteiger charge is 2.15. The van der Waals surface area contributed by atoms with Gasteiger partial charge in [-0.2, -0.15) is 0 Å². The summed E-state index contributed by atoms with van der Waals surface area (Å²) in [5.41, 5.74) is 3.82. The molecule has 0 bridgehead atoms. The molecule has 0 aliphatic carbocycles. The van der Waals surface area contributed by atoms with Crippen LogP contribution < -0.4 is 14.8 Å². The Hall–Kier alpha value is -2.49. The monoisotopic (exact) mass is 341 g/mol. The van der Waals surface area contributed by atoms with Crippen LogP contribution in [0, 0.1) is 13.8 Å². The Morgan fingerprint density at radius 1 is 0.960 bits per heavy atom. The van der Waals surface area contributed by atoms with Gasteiger partial charge >= 0.3 is 0 Å². The van der Waals surface area contributed by atoms with Crippen LogP contribution in [-0.4, -0.2) is 19.1 Å². The third-order valence-electron chi connectivity index (χ3n) is 3.90. The molecule has 0 fully saturated rings. The summed E-state index contributed by atoms with van der Waals surface area (Å²) in [5.74, 6) is 1.35. The first-order chi connectivity index (χ1) is 11.9. The second-order valence-corrected chi connectivity index (χ2v) is 6.14. The molecule has 1 amide bonds. The van der Waals surface area contributed by atoms with Gasteiger partial charge in [0.25, 0.3) is 5.91 Å². The largest absolute Gasteiger partial charge is 0.490 e. The standard InChI is InChI=1S/C21H27NO3/c1-6-24-19-9-8-17(13-20(19)25-7-2)16(5)22-21(23)18-11-14(3)10-15(4)12-18/h8-13,16H,6-7H2,1-5H3,(H,22,23)/t16-/m1/s1. The Bertz CT molecular complexity index is 720. The van der Waals surface area contributed by atoms with Gasteiger partial charge < -0.3 is 14.8 Å². The van der Waals surface area contributed by atoms with Crippen molar-refractivity contribution < 1.29 is 14.3 Å². The van der Waals surface area contributed by atoms with Crippen molar-refractivity contribution in [3.8, 4) is 11.5 Å². The second-order valence-electron chi connectivity index (χ2n) is 6.14. The van der Waals surface area contributed by atoms with E-state index in [0.717, 1.165) is 22.4 Å². The van der Waals surface area contributed by atoms with Crippen molar-refractivity contribution in [2.75, 3.05) is 13.2 Å². The fourth-order valence-corrected chi connectivity index (χ4v) is 2.81. The van der Waals surface area contributed by atoms with Crippen LogP contribution in [-0.2, 0) is 0 Å². The minimum Gasteiger partial charge on any atom is -0.490 e. The molecule has 2 rings (SSSR count). The van der Waals surface area contributed by atoms with Crippen LogP contribution in [0.2, 0.25) is 0 Å². The minimum atomic E-state index is -0.136. The second kappa shape index (κ2) is 8.56. The van der Waals surface area contributed by atoms with E-state index in [4.69, 9.17) is 9.47 Å². The lowest BCUT2D eigenvalue weighted by atomic mass is 10.0. The highest BCUT2D eigenvalue weighted by molar-refractivity contribution is 5.94. The number of rotatable bonds is 7. The number of carbonyl (C=O) groups is 1. The van der Waals surface area contributed by atoms with Crippen molar-refractivity contribution in [2.24, 2.45) is 0 Å². The number of hydrogen-bond donors (Lipinski definition) is 1. The number of nitrogens with one attached hydrogen (secondary N) is 1.